The van der Waals surface area contributed by atoms with Gasteiger partial charge in [-0.15, -0.1) is 5.10 Å². The monoisotopic (exact) mass is 449 g/mol. The molecule has 0 spiro atoms. The number of halogens is 2. The van der Waals surface area contributed by atoms with Gasteiger partial charge in [0.05, 0.1) is 5.69 Å². The van der Waals surface area contributed by atoms with E-state index in [1.165, 1.54) is 28.9 Å². The van der Waals surface area contributed by atoms with Crippen molar-refractivity contribution in [3.05, 3.63) is 101 Å². The third-order valence-corrected chi connectivity index (χ3v) is 4.92. The molecule has 0 radical (unpaired) electrons. The van der Waals surface area contributed by atoms with Crippen LogP contribution in [-0.2, 0) is 4.74 Å². The summed E-state index contributed by atoms with van der Waals surface area (Å²) in [6.07, 6.45) is 0. The van der Waals surface area contributed by atoms with Gasteiger partial charge in [0.2, 0.25) is 0 Å². The maximum atomic E-state index is 13.4. The maximum Gasteiger partial charge on any atom is 0.378 e. The van der Waals surface area contributed by atoms with Crippen molar-refractivity contribution in [3.8, 4) is 17.1 Å². The number of hydrogen-bond donors (Lipinski definition) is 0. The van der Waals surface area contributed by atoms with Crippen LogP contribution >= 0.6 is 11.6 Å². The standard InChI is InChI=1S/C24H17ClFN3O3/c1-15-2-4-17(5-3-15)23-27-22(28-29(23)20-12-10-19(26)11-13-20)24(31)32-14-21(30)16-6-8-18(25)9-7-16/h2-13H,14H2,1H3. The number of Topliss-reactive ketones (excluding diaryl/α,β-unsaturated/α-hetero) is 1. The predicted molar refractivity (Wildman–Crippen MR) is 118 cm³/mol. The lowest BCUT2D eigenvalue weighted by molar-refractivity contribution is 0.0462. The Labute approximate surface area is 188 Å². The summed E-state index contributed by atoms with van der Waals surface area (Å²) in [4.78, 5) is 29.2. The number of nitrogens with zero attached hydrogens (tertiary/aromatic N) is 3. The Kier molecular flexibility index (Phi) is 6.09. The lowest BCUT2D eigenvalue weighted by Crippen LogP contribution is -2.15. The molecule has 0 saturated carbocycles. The van der Waals surface area contributed by atoms with Gasteiger partial charge >= 0.3 is 5.97 Å². The summed E-state index contributed by atoms with van der Waals surface area (Å²) < 4.78 is 19.9. The van der Waals surface area contributed by atoms with E-state index >= 15 is 0 Å². The van der Waals surface area contributed by atoms with Crippen LogP contribution in [0.5, 0.6) is 0 Å². The smallest absolute Gasteiger partial charge is 0.378 e. The van der Waals surface area contributed by atoms with Gasteiger partial charge in [0.15, 0.2) is 18.2 Å². The van der Waals surface area contributed by atoms with Crippen molar-refractivity contribution in [1.82, 2.24) is 14.8 Å². The van der Waals surface area contributed by atoms with Gasteiger partial charge < -0.3 is 4.74 Å². The van der Waals surface area contributed by atoms with Gasteiger partial charge in [-0.25, -0.2) is 18.9 Å². The summed E-state index contributed by atoms with van der Waals surface area (Å²) in [6, 6.07) is 19.4. The predicted octanol–water partition coefficient (Wildman–Crippen LogP) is 5.07. The molecule has 3 aromatic carbocycles. The van der Waals surface area contributed by atoms with Crippen LogP contribution in [0.25, 0.3) is 17.1 Å². The number of aromatic nitrogens is 3. The van der Waals surface area contributed by atoms with E-state index < -0.39 is 18.4 Å². The lowest BCUT2D eigenvalue weighted by atomic mass is 10.1. The second-order valence-corrected chi connectivity index (χ2v) is 7.46. The average Bonchev–Trinajstić information content (AvgIpc) is 3.24. The molecule has 0 aliphatic carbocycles. The van der Waals surface area contributed by atoms with Crippen LogP contribution in [0.3, 0.4) is 0 Å². The molecule has 1 aromatic heterocycles. The number of ether oxygens (including phenoxy) is 1. The van der Waals surface area contributed by atoms with Crippen LogP contribution in [0.2, 0.25) is 5.02 Å². The zero-order chi connectivity index (χ0) is 22.7. The van der Waals surface area contributed by atoms with Crippen molar-refractivity contribution in [2.45, 2.75) is 6.92 Å². The third kappa shape index (κ3) is 4.73. The Morgan fingerprint density at radius 1 is 0.969 bits per heavy atom. The maximum absolute atomic E-state index is 13.4. The average molecular weight is 450 g/mol. The Morgan fingerprint density at radius 3 is 2.28 bits per heavy atom. The molecule has 0 aliphatic rings. The highest BCUT2D eigenvalue weighted by atomic mass is 35.5. The first-order valence-electron chi connectivity index (χ1n) is 9.66. The minimum Gasteiger partial charge on any atom is -0.451 e. The molecule has 0 atom stereocenters. The zero-order valence-corrected chi connectivity index (χ0v) is 17.7. The van der Waals surface area contributed by atoms with E-state index in [4.69, 9.17) is 16.3 Å². The molecule has 0 N–H and O–H groups in total. The van der Waals surface area contributed by atoms with Crippen molar-refractivity contribution in [2.24, 2.45) is 0 Å². The molecule has 0 aliphatic heterocycles. The van der Waals surface area contributed by atoms with Crippen molar-refractivity contribution >= 4 is 23.4 Å². The Bertz CT molecular complexity index is 1200. The minimum atomic E-state index is -0.846. The number of rotatable bonds is 6. The summed E-state index contributed by atoms with van der Waals surface area (Å²) in [6.45, 7) is 1.49. The fraction of sp³-hybridized carbons (Fsp3) is 0.0833. The lowest BCUT2D eigenvalue weighted by Gasteiger charge is -2.06. The van der Waals surface area contributed by atoms with Crippen molar-refractivity contribution in [2.75, 3.05) is 6.61 Å². The number of esters is 1. The quantitative estimate of drug-likeness (QED) is 0.303. The number of carbonyl (C=O) groups excluding carboxylic acids is 2. The van der Waals surface area contributed by atoms with Crippen molar-refractivity contribution < 1.29 is 18.7 Å². The molecule has 0 bridgehead atoms. The van der Waals surface area contributed by atoms with Gasteiger partial charge in [0, 0.05) is 16.1 Å². The van der Waals surface area contributed by atoms with Crippen molar-refractivity contribution in [1.29, 1.82) is 0 Å². The highest BCUT2D eigenvalue weighted by Gasteiger charge is 2.21. The molecule has 1 heterocycles. The highest BCUT2D eigenvalue weighted by molar-refractivity contribution is 6.30. The van der Waals surface area contributed by atoms with Crippen LogP contribution < -0.4 is 0 Å². The molecular formula is C24H17ClFN3O3. The first kappa shape index (κ1) is 21.4. The summed E-state index contributed by atoms with van der Waals surface area (Å²) in [5.41, 5.74) is 2.66. The normalized spacial score (nSPS) is 10.7. The van der Waals surface area contributed by atoms with Gasteiger partial charge in [-0.05, 0) is 55.5 Å². The topological polar surface area (TPSA) is 74.1 Å². The first-order valence-corrected chi connectivity index (χ1v) is 10.0. The third-order valence-electron chi connectivity index (χ3n) is 4.67. The van der Waals surface area contributed by atoms with E-state index in [1.54, 1.807) is 24.3 Å². The van der Waals surface area contributed by atoms with Crippen LogP contribution in [0.15, 0.2) is 72.8 Å². The Balaban J connectivity index is 1.60. The van der Waals surface area contributed by atoms with E-state index in [0.717, 1.165) is 5.56 Å². The number of aryl methyl sites for hydroxylation is 1. The molecule has 0 unspecified atom stereocenters. The van der Waals surface area contributed by atoms with E-state index in [2.05, 4.69) is 10.1 Å². The van der Waals surface area contributed by atoms with E-state index in [1.807, 2.05) is 31.2 Å². The molecule has 4 rings (SSSR count). The molecule has 0 fully saturated rings. The van der Waals surface area contributed by atoms with Crippen LogP contribution in [-0.4, -0.2) is 33.1 Å². The van der Waals surface area contributed by atoms with Gasteiger partial charge in [-0.1, -0.05) is 41.4 Å². The van der Waals surface area contributed by atoms with E-state index in [0.29, 0.717) is 27.7 Å². The second-order valence-electron chi connectivity index (χ2n) is 7.02. The largest absolute Gasteiger partial charge is 0.451 e. The molecule has 4 aromatic rings. The van der Waals surface area contributed by atoms with E-state index in [9.17, 15) is 14.0 Å². The molecule has 32 heavy (non-hydrogen) atoms. The highest BCUT2D eigenvalue weighted by Crippen LogP contribution is 2.22. The number of ketones is 1. The molecule has 6 nitrogen and oxygen atoms in total. The van der Waals surface area contributed by atoms with Gasteiger partial charge in [-0.2, -0.15) is 0 Å². The SMILES string of the molecule is Cc1ccc(-c2nc(C(=O)OCC(=O)c3ccc(Cl)cc3)nn2-c2ccc(F)cc2)cc1. The van der Waals surface area contributed by atoms with E-state index in [-0.39, 0.29) is 11.6 Å². The van der Waals surface area contributed by atoms with Crippen LogP contribution in [0.4, 0.5) is 4.39 Å². The molecule has 0 saturated heterocycles. The number of benzene rings is 3. The van der Waals surface area contributed by atoms with Gasteiger partial charge in [0.1, 0.15) is 5.82 Å². The first-order chi connectivity index (χ1) is 15.4. The molecule has 8 heteroatoms. The van der Waals surface area contributed by atoms with Gasteiger partial charge in [0.25, 0.3) is 5.82 Å². The van der Waals surface area contributed by atoms with Crippen LogP contribution in [0, 0.1) is 12.7 Å². The Hall–Kier alpha value is -3.84. The van der Waals surface area contributed by atoms with Crippen LogP contribution in [0.1, 0.15) is 26.5 Å². The summed E-state index contributed by atoms with van der Waals surface area (Å²) in [5, 5.41) is 4.75. The van der Waals surface area contributed by atoms with Crippen molar-refractivity contribution in [3.63, 3.8) is 0 Å². The van der Waals surface area contributed by atoms with Gasteiger partial charge in [-0.3, -0.25) is 4.79 Å². The molecular weight excluding hydrogens is 433 g/mol. The number of hydrogen-bond acceptors (Lipinski definition) is 5. The molecule has 0 amide bonds. The minimum absolute atomic E-state index is 0.214. The summed E-state index contributed by atoms with van der Waals surface area (Å²) in [7, 11) is 0. The number of carbonyl (C=O) groups is 2. The fourth-order valence-corrected chi connectivity index (χ4v) is 3.09. The summed E-state index contributed by atoms with van der Waals surface area (Å²) >= 11 is 5.82. The second kappa shape index (κ2) is 9.11. The summed E-state index contributed by atoms with van der Waals surface area (Å²) in [5.74, 6) is -1.46. The fourth-order valence-electron chi connectivity index (χ4n) is 2.97. The zero-order valence-electron chi connectivity index (χ0n) is 17.0. The Morgan fingerprint density at radius 2 is 1.62 bits per heavy atom. The molecule has 160 valence electrons.